The van der Waals surface area contributed by atoms with Crippen molar-refractivity contribution in [2.24, 2.45) is 0 Å². The molecule has 0 bridgehead atoms. The smallest absolute Gasteiger partial charge is 0.280 e. The van der Waals surface area contributed by atoms with Crippen molar-refractivity contribution in [2.45, 2.75) is 13.8 Å². The van der Waals surface area contributed by atoms with Crippen molar-refractivity contribution in [2.75, 3.05) is 12.4 Å². The Labute approximate surface area is 88.9 Å². The molecule has 0 atom stereocenters. The minimum Gasteiger partial charge on any atom is -0.495 e. The largest absolute Gasteiger partial charge is 0.495 e. The van der Waals surface area contributed by atoms with E-state index in [0.717, 1.165) is 11.1 Å². The zero-order valence-electron chi connectivity index (χ0n) is 8.42. The van der Waals surface area contributed by atoms with Crippen LogP contribution in [-0.2, 0) is 0 Å². The van der Waals surface area contributed by atoms with Gasteiger partial charge in [0, 0.05) is 0 Å². The molecule has 0 aromatic heterocycles. The van der Waals surface area contributed by atoms with Crippen LogP contribution >= 0.6 is 12.6 Å². The first-order valence-corrected chi connectivity index (χ1v) is 4.64. The second kappa shape index (κ2) is 4.37. The number of ether oxygens (including phenoxy) is 1. The maximum atomic E-state index is 10.8. The molecule has 0 unspecified atom stereocenters. The zero-order chi connectivity index (χ0) is 10.7. The van der Waals surface area contributed by atoms with Crippen LogP contribution in [0.4, 0.5) is 10.5 Å². The molecule has 1 N–H and O–H groups in total. The van der Waals surface area contributed by atoms with Crippen LogP contribution in [0, 0.1) is 13.8 Å². The number of nitrogens with one attached hydrogen (secondary N) is 1. The second-order valence-electron chi connectivity index (χ2n) is 3.07. The molecule has 0 saturated carbocycles. The number of amides is 1. The fourth-order valence-corrected chi connectivity index (χ4v) is 1.29. The van der Waals surface area contributed by atoms with Crippen LogP contribution in [0.25, 0.3) is 0 Å². The Kier molecular flexibility index (Phi) is 3.41. The van der Waals surface area contributed by atoms with E-state index in [1.807, 2.05) is 26.0 Å². The molecule has 0 aliphatic rings. The first kappa shape index (κ1) is 10.9. The summed E-state index contributed by atoms with van der Waals surface area (Å²) in [6.07, 6.45) is 0. The Morgan fingerprint density at radius 1 is 1.36 bits per heavy atom. The van der Waals surface area contributed by atoms with Crippen LogP contribution in [0.15, 0.2) is 12.1 Å². The van der Waals surface area contributed by atoms with Crippen LogP contribution in [0.2, 0.25) is 0 Å². The number of aryl methyl sites for hydroxylation is 2. The van der Waals surface area contributed by atoms with E-state index >= 15 is 0 Å². The molecule has 0 heterocycles. The third-order valence-electron chi connectivity index (χ3n) is 2.06. The molecule has 1 aromatic carbocycles. The minimum atomic E-state index is -0.397. The van der Waals surface area contributed by atoms with E-state index in [9.17, 15) is 4.79 Å². The number of anilines is 1. The number of benzene rings is 1. The molecule has 0 aliphatic heterocycles. The summed E-state index contributed by atoms with van der Waals surface area (Å²) in [5.74, 6) is 0.649. The van der Waals surface area contributed by atoms with Gasteiger partial charge in [0.25, 0.3) is 5.24 Å². The van der Waals surface area contributed by atoms with E-state index in [1.54, 1.807) is 7.11 Å². The Bertz CT molecular complexity index is 363. The number of carbonyl (C=O) groups excluding carboxylic acids is 1. The van der Waals surface area contributed by atoms with Gasteiger partial charge in [-0.15, -0.1) is 0 Å². The summed E-state index contributed by atoms with van der Waals surface area (Å²) >= 11 is 3.65. The molecule has 1 aromatic rings. The number of hydrogen-bond donors (Lipinski definition) is 2. The predicted molar refractivity (Wildman–Crippen MR) is 60.5 cm³/mol. The number of carbonyl (C=O) groups is 1. The van der Waals surface area contributed by atoms with Gasteiger partial charge >= 0.3 is 0 Å². The van der Waals surface area contributed by atoms with E-state index in [-0.39, 0.29) is 0 Å². The quantitative estimate of drug-likeness (QED) is 0.738. The van der Waals surface area contributed by atoms with E-state index in [2.05, 4.69) is 17.9 Å². The average molecular weight is 211 g/mol. The molecule has 1 amide bonds. The summed E-state index contributed by atoms with van der Waals surface area (Å²) in [4.78, 5) is 10.8. The molecule has 0 radical (unpaired) electrons. The van der Waals surface area contributed by atoms with Crippen molar-refractivity contribution in [1.29, 1.82) is 0 Å². The average Bonchev–Trinajstić information content (AvgIpc) is 2.10. The van der Waals surface area contributed by atoms with Gasteiger partial charge in [-0.1, -0.05) is 12.6 Å². The fourth-order valence-electron chi connectivity index (χ4n) is 1.17. The lowest BCUT2D eigenvalue weighted by atomic mass is 10.1. The Morgan fingerprint density at radius 3 is 2.43 bits per heavy atom. The summed E-state index contributed by atoms with van der Waals surface area (Å²) in [6.45, 7) is 3.97. The standard InChI is InChI=1S/C10H13NO2S/c1-6-4-8(11-10(12)14)9(13-3)5-7(6)2/h4-5H,1-3H3,(H2,11,12,14). The lowest BCUT2D eigenvalue weighted by Crippen LogP contribution is -2.04. The second-order valence-corrected chi connectivity index (χ2v) is 3.47. The normalized spacial score (nSPS) is 9.71. The zero-order valence-corrected chi connectivity index (χ0v) is 9.31. The van der Waals surface area contributed by atoms with E-state index in [0.29, 0.717) is 11.4 Å². The predicted octanol–water partition coefficient (Wildman–Crippen LogP) is 2.77. The van der Waals surface area contributed by atoms with Crippen molar-refractivity contribution in [3.8, 4) is 5.75 Å². The Balaban J connectivity index is 3.13. The van der Waals surface area contributed by atoms with Gasteiger partial charge in [-0.2, -0.15) is 0 Å². The highest BCUT2D eigenvalue weighted by molar-refractivity contribution is 7.96. The Morgan fingerprint density at radius 2 is 1.93 bits per heavy atom. The molecule has 4 heteroatoms. The third kappa shape index (κ3) is 2.42. The molecular weight excluding hydrogens is 198 g/mol. The molecule has 76 valence electrons. The van der Waals surface area contributed by atoms with Gasteiger partial charge in [-0.3, -0.25) is 4.79 Å². The fraction of sp³-hybridized carbons (Fsp3) is 0.300. The van der Waals surface area contributed by atoms with E-state index < -0.39 is 5.24 Å². The number of methoxy groups -OCH3 is 1. The highest BCUT2D eigenvalue weighted by Crippen LogP contribution is 2.28. The van der Waals surface area contributed by atoms with Crippen LogP contribution in [0.5, 0.6) is 5.75 Å². The van der Waals surface area contributed by atoms with Gasteiger partial charge in [-0.25, -0.2) is 0 Å². The number of thiol groups is 1. The van der Waals surface area contributed by atoms with Crippen LogP contribution < -0.4 is 10.1 Å². The summed E-state index contributed by atoms with van der Waals surface area (Å²) in [5, 5.41) is 2.20. The third-order valence-corrected chi connectivity index (χ3v) is 2.17. The molecule has 1 rings (SSSR count). The number of hydrogen-bond acceptors (Lipinski definition) is 2. The van der Waals surface area contributed by atoms with Gasteiger partial charge in [0.2, 0.25) is 0 Å². The lowest BCUT2D eigenvalue weighted by Gasteiger charge is -2.11. The van der Waals surface area contributed by atoms with Gasteiger partial charge in [0.15, 0.2) is 0 Å². The van der Waals surface area contributed by atoms with Crippen molar-refractivity contribution < 1.29 is 9.53 Å². The van der Waals surface area contributed by atoms with Crippen molar-refractivity contribution in [3.63, 3.8) is 0 Å². The SMILES string of the molecule is COc1cc(C)c(C)cc1NC(=O)S. The summed E-state index contributed by atoms with van der Waals surface area (Å²) < 4.78 is 5.13. The van der Waals surface area contributed by atoms with Crippen LogP contribution in [0.1, 0.15) is 11.1 Å². The maximum absolute atomic E-state index is 10.8. The van der Waals surface area contributed by atoms with E-state index in [1.165, 1.54) is 0 Å². The highest BCUT2D eigenvalue weighted by atomic mass is 32.1. The van der Waals surface area contributed by atoms with E-state index in [4.69, 9.17) is 4.74 Å². The van der Waals surface area contributed by atoms with Gasteiger partial charge in [0.05, 0.1) is 12.8 Å². The molecule has 0 aliphatic carbocycles. The summed E-state index contributed by atoms with van der Waals surface area (Å²) in [5.41, 5.74) is 2.87. The maximum Gasteiger partial charge on any atom is 0.280 e. The number of rotatable bonds is 2. The first-order chi connectivity index (χ1) is 6.54. The molecular formula is C10H13NO2S. The molecule has 0 saturated heterocycles. The van der Waals surface area contributed by atoms with Gasteiger partial charge in [0.1, 0.15) is 5.75 Å². The Hall–Kier alpha value is -1.16. The molecule has 14 heavy (non-hydrogen) atoms. The van der Waals surface area contributed by atoms with Crippen LogP contribution in [-0.4, -0.2) is 12.3 Å². The van der Waals surface area contributed by atoms with Crippen molar-refractivity contribution in [3.05, 3.63) is 23.3 Å². The summed E-state index contributed by atoms with van der Waals surface area (Å²) in [7, 11) is 1.57. The van der Waals surface area contributed by atoms with Gasteiger partial charge in [-0.05, 0) is 37.1 Å². The topological polar surface area (TPSA) is 38.3 Å². The molecule has 0 spiro atoms. The monoisotopic (exact) mass is 211 g/mol. The van der Waals surface area contributed by atoms with Crippen molar-refractivity contribution >= 4 is 23.6 Å². The van der Waals surface area contributed by atoms with Gasteiger partial charge < -0.3 is 10.1 Å². The van der Waals surface area contributed by atoms with Crippen LogP contribution in [0.3, 0.4) is 0 Å². The summed E-state index contributed by atoms with van der Waals surface area (Å²) in [6, 6.07) is 3.75. The molecule has 0 fully saturated rings. The van der Waals surface area contributed by atoms with Crippen molar-refractivity contribution in [1.82, 2.24) is 0 Å². The lowest BCUT2D eigenvalue weighted by molar-refractivity contribution is 0.270. The molecule has 3 nitrogen and oxygen atoms in total. The minimum absolute atomic E-state index is 0.397. The first-order valence-electron chi connectivity index (χ1n) is 4.19. The highest BCUT2D eigenvalue weighted by Gasteiger charge is 2.06.